The number of imidazole rings is 1. The number of nitrogens with two attached hydrogens (primary N) is 1. The molecule has 0 fully saturated rings. The van der Waals surface area contributed by atoms with Crippen molar-refractivity contribution in [2.75, 3.05) is 11.1 Å². The van der Waals surface area contributed by atoms with Gasteiger partial charge in [0, 0.05) is 24.6 Å². The van der Waals surface area contributed by atoms with Crippen LogP contribution in [0.4, 0.5) is 15.8 Å². The van der Waals surface area contributed by atoms with E-state index in [1.165, 1.54) is 27.3 Å². The quantitative estimate of drug-likeness (QED) is 0.819. The molecule has 7 heteroatoms. The molecule has 0 aliphatic carbocycles. The highest BCUT2D eigenvalue weighted by Crippen LogP contribution is 2.16. The van der Waals surface area contributed by atoms with E-state index in [2.05, 4.69) is 5.32 Å². The molecule has 0 saturated heterocycles. The Morgan fingerprint density at radius 2 is 2.05 bits per heavy atom. The molecular formula is C13H15FN4O2. The van der Waals surface area contributed by atoms with Crippen LogP contribution >= 0.6 is 0 Å². The van der Waals surface area contributed by atoms with Gasteiger partial charge in [0.15, 0.2) is 0 Å². The molecule has 0 unspecified atom stereocenters. The van der Waals surface area contributed by atoms with E-state index in [0.717, 1.165) is 0 Å². The van der Waals surface area contributed by atoms with E-state index in [1.54, 1.807) is 12.4 Å². The number of anilines is 2. The van der Waals surface area contributed by atoms with E-state index in [-0.39, 0.29) is 23.8 Å². The zero-order valence-electron chi connectivity index (χ0n) is 11.0. The molecule has 1 heterocycles. The number of nitrogens with zero attached hydrogens (tertiary/aromatic N) is 2. The van der Waals surface area contributed by atoms with E-state index in [9.17, 15) is 14.0 Å². The zero-order valence-corrected chi connectivity index (χ0v) is 11.0. The van der Waals surface area contributed by atoms with Crippen molar-refractivity contribution in [2.45, 2.75) is 20.0 Å². The molecule has 0 radical (unpaired) electrons. The summed E-state index contributed by atoms with van der Waals surface area (Å²) >= 11 is 0. The van der Waals surface area contributed by atoms with E-state index < -0.39 is 5.82 Å². The number of carbonyl (C=O) groups excluding carboxylic acids is 1. The molecule has 6 nitrogen and oxygen atoms in total. The summed E-state index contributed by atoms with van der Waals surface area (Å²) in [5.74, 6) is -0.925. The molecule has 106 valence electrons. The molecule has 2 aromatic rings. The number of hydrogen-bond acceptors (Lipinski definition) is 3. The number of halogens is 1. The highest BCUT2D eigenvalue weighted by Gasteiger charge is 2.08. The van der Waals surface area contributed by atoms with Crippen molar-refractivity contribution in [1.29, 1.82) is 0 Å². The van der Waals surface area contributed by atoms with Gasteiger partial charge >= 0.3 is 5.69 Å². The fraction of sp³-hybridized carbons (Fsp3) is 0.231. The molecular weight excluding hydrogens is 263 g/mol. The predicted molar refractivity (Wildman–Crippen MR) is 73.8 cm³/mol. The number of nitrogens with one attached hydrogen (secondary N) is 1. The van der Waals surface area contributed by atoms with Gasteiger partial charge in [-0.1, -0.05) is 0 Å². The smallest absolute Gasteiger partial charge is 0.328 e. The monoisotopic (exact) mass is 278 g/mol. The number of benzene rings is 1. The Bertz CT molecular complexity index is 690. The van der Waals surface area contributed by atoms with Crippen LogP contribution in [0.2, 0.25) is 0 Å². The maximum atomic E-state index is 13.0. The number of carbonyl (C=O) groups is 1. The molecule has 20 heavy (non-hydrogen) atoms. The van der Waals surface area contributed by atoms with Crippen LogP contribution in [0.1, 0.15) is 6.92 Å². The van der Waals surface area contributed by atoms with Crippen LogP contribution < -0.4 is 16.7 Å². The minimum atomic E-state index is -0.542. The number of aromatic nitrogens is 2. The number of amides is 1. The van der Waals surface area contributed by atoms with Crippen LogP contribution in [0.5, 0.6) is 0 Å². The maximum absolute atomic E-state index is 13.0. The molecule has 0 saturated carbocycles. The maximum Gasteiger partial charge on any atom is 0.328 e. The third-order valence-corrected chi connectivity index (χ3v) is 2.85. The minimum Gasteiger partial charge on any atom is -0.396 e. The van der Waals surface area contributed by atoms with Crippen molar-refractivity contribution in [2.24, 2.45) is 0 Å². The van der Waals surface area contributed by atoms with Gasteiger partial charge in [-0.15, -0.1) is 0 Å². The Labute approximate surface area is 114 Å². The lowest BCUT2D eigenvalue weighted by Gasteiger charge is -2.06. The van der Waals surface area contributed by atoms with E-state index in [4.69, 9.17) is 5.73 Å². The van der Waals surface area contributed by atoms with Gasteiger partial charge in [-0.3, -0.25) is 13.9 Å². The van der Waals surface area contributed by atoms with Gasteiger partial charge < -0.3 is 11.1 Å². The van der Waals surface area contributed by atoms with Gasteiger partial charge in [-0.05, 0) is 25.1 Å². The van der Waals surface area contributed by atoms with Crippen LogP contribution in [0.15, 0.2) is 35.4 Å². The molecule has 2 rings (SSSR count). The van der Waals surface area contributed by atoms with Crippen LogP contribution in [-0.4, -0.2) is 15.0 Å². The molecule has 0 aliphatic heterocycles. The Hall–Kier alpha value is -2.57. The second-order valence-electron chi connectivity index (χ2n) is 4.28. The second-order valence-corrected chi connectivity index (χ2v) is 4.28. The van der Waals surface area contributed by atoms with Gasteiger partial charge in [0.1, 0.15) is 12.4 Å². The molecule has 0 atom stereocenters. The average molecular weight is 278 g/mol. The summed E-state index contributed by atoms with van der Waals surface area (Å²) in [7, 11) is 0. The van der Waals surface area contributed by atoms with Crippen molar-refractivity contribution in [3.63, 3.8) is 0 Å². The van der Waals surface area contributed by atoms with E-state index >= 15 is 0 Å². The molecule has 1 aromatic carbocycles. The summed E-state index contributed by atoms with van der Waals surface area (Å²) in [6.45, 7) is 2.28. The van der Waals surface area contributed by atoms with Gasteiger partial charge in [0.25, 0.3) is 0 Å². The van der Waals surface area contributed by atoms with Crippen molar-refractivity contribution in [3.05, 3.63) is 46.9 Å². The molecule has 0 spiro atoms. The van der Waals surface area contributed by atoms with Gasteiger partial charge in [0.2, 0.25) is 5.91 Å². The topological polar surface area (TPSA) is 82.1 Å². The number of nitrogen functional groups attached to an aromatic ring is 1. The Kier molecular flexibility index (Phi) is 3.88. The summed E-state index contributed by atoms with van der Waals surface area (Å²) in [5, 5.41) is 2.56. The molecule has 1 aromatic heterocycles. The highest BCUT2D eigenvalue weighted by molar-refractivity contribution is 5.91. The lowest BCUT2D eigenvalue weighted by molar-refractivity contribution is -0.116. The van der Waals surface area contributed by atoms with E-state index in [1.807, 2.05) is 6.92 Å². The summed E-state index contributed by atoms with van der Waals surface area (Å²) in [6.07, 6.45) is 3.16. The summed E-state index contributed by atoms with van der Waals surface area (Å²) in [5.41, 5.74) is 5.50. The third-order valence-electron chi connectivity index (χ3n) is 2.85. The van der Waals surface area contributed by atoms with Crippen LogP contribution in [0, 0.1) is 5.82 Å². The van der Waals surface area contributed by atoms with Crippen LogP contribution in [0.25, 0.3) is 0 Å². The molecule has 0 aliphatic rings. The van der Waals surface area contributed by atoms with Crippen molar-refractivity contribution in [1.82, 2.24) is 9.13 Å². The standard InChI is InChI=1S/C13H15FN4O2/c1-2-17-5-6-18(13(17)20)8-12(19)16-9-3-4-10(14)11(15)7-9/h3-7H,2,8,15H2,1H3,(H,16,19). The first-order valence-corrected chi connectivity index (χ1v) is 6.11. The predicted octanol–water partition coefficient (Wildman–Crippen LogP) is 1.03. The van der Waals surface area contributed by atoms with Crippen LogP contribution in [-0.2, 0) is 17.9 Å². The average Bonchev–Trinajstić information content (AvgIpc) is 2.75. The van der Waals surface area contributed by atoms with Crippen molar-refractivity contribution in [3.8, 4) is 0 Å². The third kappa shape index (κ3) is 2.87. The van der Waals surface area contributed by atoms with E-state index in [0.29, 0.717) is 12.2 Å². The Balaban J connectivity index is 2.07. The highest BCUT2D eigenvalue weighted by atomic mass is 19.1. The molecule has 3 N–H and O–H groups in total. The lowest BCUT2D eigenvalue weighted by Crippen LogP contribution is -2.28. The molecule has 1 amide bonds. The van der Waals surface area contributed by atoms with Gasteiger partial charge in [0.05, 0.1) is 5.69 Å². The van der Waals surface area contributed by atoms with Crippen molar-refractivity contribution >= 4 is 17.3 Å². The largest absolute Gasteiger partial charge is 0.396 e. The SMILES string of the molecule is CCn1ccn(CC(=O)Nc2ccc(F)c(N)c2)c1=O. The lowest BCUT2D eigenvalue weighted by atomic mass is 10.2. The normalized spacial score (nSPS) is 10.5. The fourth-order valence-corrected chi connectivity index (χ4v) is 1.79. The summed E-state index contributed by atoms with van der Waals surface area (Å²) in [4.78, 5) is 23.6. The van der Waals surface area contributed by atoms with Gasteiger partial charge in [-0.2, -0.15) is 0 Å². The summed E-state index contributed by atoms with van der Waals surface area (Å²) < 4.78 is 15.8. The van der Waals surface area contributed by atoms with Gasteiger partial charge in [-0.25, -0.2) is 9.18 Å². The van der Waals surface area contributed by atoms with Crippen molar-refractivity contribution < 1.29 is 9.18 Å². The first kappa shape index (κ1) is 13.9. The number of rotatable bonds is 4. The summed E-state index contributed by atoms with van der Waals surface area (Å²) in [6, 6.07) is 3.90. The molecule has 0 bridgehead atoms. The second kappa shape index (κ2) is 5.60. The Morgan fingerprint density at radius 1 is 1.35 bits per heavy atom. The first-order valence-electron chi connectivity index (χ1n) is 6.11. The zero-order chi connectivity index (χ0) is 14.7. The number of hydrogen-bond donors (Lipinski definition) is 2. The minimum absolute atomic E-state index is 0.0443. The fourth-order valence-electron chi connectivity index (χ4n) is 1.79. The first-order chi connectivity index (χ1) is 9.51. The number of aryl methyl sites for hydroxylation is 1. The van der Waals surface area contributed by atoms with Crippen LogP contribution in [0.3, 0.4) is 0 Å². The Morgan fingerprint density at radius 3 is 2.65 bits per heavy atom.